The van der Waals surface area contributed by atoms with E-state index in [9.17, 15) is 8.78 Å². The van der Waals surface area contributed by atoms with Gasteiger partial charge in [-0.3, -0.25) is 0 Å². The van der Waals surface area contributed by atoms with Crippen LogP contribution < -0.4 is 10.5 Å². The number of nitrogens with zero attached hydrogens (tertiary/aromatic N) is 1. The average molecular weight is 267 g/mol. The van der Waals surface area contributed by atoms with Crippen LogP contribution in [0.1, 0.15) is 12.7 Å². The summed E-state index contributed by atoms with van der Waals surface area (Å²) >= 11 is 0. The highest BCUT2D eigenvalue weighted by molar-refractivity contribution is 5.60. The minimum Gasteiger partial charge on any atom is -0.435 e. The summed E-state index contributed by atoms with van der Waals surface area (Å²) in [5.41, 5.74) is 7.17. The lowest BCUT2D eigenvalue weighted by Gasteiger charge is -2.05. The Labute approximate surface area is 109 Å². The summed E-state index contributed by atoms with van der Waals surface area (Å²) in [6.07, 6.45) is 2.28. The van der Waals surface area contributed by atoms with E-state index in [1.807, 2.05) is 6.92 Å². The Kier molecular flexibility index (Phi) is 4.11. The Hall–Kier alpha value is -1.95. The Morgan fingerprint density at radius 2 is 2.21 bits per heavy atom. The maximum Gasteiger partial charge on any atom is 0.387 e. The number of imidazole rings is 1. The molecule has 2 aromatic rings. The topological polar surface area (TPSA) is 63.9 Å². The maximum absolute atomic E-state index is 12.1. The van der Waals surface area contributed by atoms with Crippen LogP contribution in [0.15, 0.2) is 30.5 Å². The third kappa shape index (κ3) is 3.75. The van der Waals surface area contributed by atoms with E-state index in [0.29, 0.717) is 6.42 Å². The lowest BCUT2D eigenvalue weighted by Crippen LogP contribution is -2.18. The first kappa shape index (κ1) is 13.5. The molecular formula is C13H15F2N3O. The van der Waals surface area contributed by atoms with Gasteiger partial charge in [0.1, 0.15) is 11.6 Å². The molecule has 0 aliphatic carbocycles. The molecule has 0 amide bonds. The monoisotopic (exact) mass is 267 g/mol. The number of hydrogen-bond acceptors (Lipinski definition) is 3. The molecule has 0 saturated heterocycles. The molecule has 1 atom stereocenters. The summed E-state index contributed by atoms with van der Waals surface area (Å²) in [7, 11) is 0. The second kappa shape index (κ2) is 5.79. The van der Waals surface area contributed by atoms with Crippen molar-refractivity contribution in [1.82, 2.24) is 9.97 Å². The largest absolute Gasteiger partial charge is 0.435 e. The number of aromatic amines is 1. The highest BCUT2D eigenvalue weighted by atomic mass is 19.3. The van der Waals surface area contributed by atoms with Crippen LogP contribution in [0.3, 0.4) is 0 Å². The Bertz CT molecular complexity index is 540. The first-order valence-corrected chi connectivity index (χ1v) is 5.89. The average Bonchev–Trinajstić information content (AvgIpc) is 2.76. The van der Waals surface area contributed by atoms with Gasteiger partial charge in [-0.1, -0.05) is 12.1 Å². The lowest BCUT2D eigenvalue weighted by molar-refractivity contribution is -0.0498. The van der Waals surface area contributed by atoms with Gasteiger partial charge in [0.25, 0.3) is 0 Å². The molecule has 1 aromatic carbocycles. The molecule has 1 unspecified atom stereocenters. The number of benzene rings is 1. The zero-order chi connectivity index (χ0) is 13.8. The summed E-state index contributed by atoms with van der Waals surface area (Å²) in [5.74, 6) is 0.890. The van der Waals surface area contributed by atoms with Crippen molar-refractivity contribution >= 4 is 0 Å². The number of ether oxygens (including phenoxy) is 1. The SMILES string of the molecule is CC(N)Cc1ncc(-c2cccc(OC(F)F)c2)[nH]1. The molecule has 0 bridgehead atoms. The van der Waals surface area contributed by atoms with Crippen LogP contribution in [0.4, 0.5) is 8.78 Å². The maximum atomic E-state index is 12.1. The quantitative estimate of drug-likeness (QED) is 0.875. The van der Waals surface area contributed by atoms with Crippen molar-refractivity contribution < 1.29 is 13.5 Å². The van der Waals surface area contributed by atoms with E-state index in [0.717, 1.165) is 17.1 Å². The predicted octanol–water partition coefficient (Wildman–Crippen LogP) is 2.57. The molecule has 6 heteroatoms. The first-order chi connectivity index (χ1) is 9.04. The molecule has 0 saturated carbocycles. The van der Waals surface area contributed by atoms with Crippen molar-refractivity contribution in [3.05, 3.63) is 36.3 Å². The van der Waals surface area contributed by atoms with Crippen molar-refractivity contribution in [3.8, 4) is 17.0 Å². The van der Waals surface area contributed by atoms with E-state index in [2.05, 4.69) is 14.7 Å². The summed E-state index contributed by atoms with van der Waals surface area (Å²) < 4.78 is 28.7. The molecule has 19 heavy (non-hydrogen) atoms. The number of aromatic nitrogens is 2. The van der Waals surface area contributed by atoms with E-state index >= 15 is 0 Å². The van der Waals surface area contributed by atoms with Crippen LogP contribution in [0.2, 0.25) is 0 Å². The van der Waals surface area contributed by atoms with Gasteiger partial charge in [0, 0.05) is 18.0 Å². The fraction of sp³-hybridized carbons (Fsp3) is 0.308. The third-order valence-electron chi connectivity index (χ3n) is 2.51. The van der Waals surface area contributed by atoms with Gasteiger partial charge >= 0.3 is 6.61 Å². The van der Waals surface area contributed by atoms with E-state index in [4.69, 9.17) is 5.73 Å². The van der Waals surface area contributed by atoms with Crippen molar-refractivity contribution in [2.45, 2.75) is 26.0 Å². The van der Waals surface area contributed by atoms with E-state index in [1.54, 1.807) is 18.3 Å². The van der Waals surface area contributed by atoms with Crippen molar-refractivity contribution in [3.63, 3.8) is 0 Å². The first-order valence-electron chi connectivity index (χ1n) is 5.89. The van der Waals surface area contributed by atoms with Crippen LogP contribution >= 0.6 is 0 Å². The normalized spacial score (nSPS) is 12.7. The number of H-pyrrole nitrogens is 1. The zero-order valence-electron chi connectivity index (χ0n) is 10.4. The van der Waals surface area contributed by atoms with E-state index < -0.39 is 6.61 Å². The van der Waals surface area contributed by atoms with Crippen molar-refractivity contribution in [1.29, 1.82) is 0 Å². The van der Waals surface area contributed by atoms with Gasteiger partial charge in [-0.2, -0.15) is 8.78 Å². The fourth-order valence-electron chi connectivity index (χ4n) is 1.76. The minimum absolute atomic E-state index is 0.00695. The van der Waals surface area contributed by atoms with E-state index in [1.165, 1.54) is 12.1 Å². The molecule has 0 aliphatic rings. The molecule has 1 aromatic heterocycles. The minimum atomic E-state index is -2.83. The smallest absolute Gasteiger partial charge is 0.387 e. The van der Waals surface area contributed by atoms with Gasteiger partial charge in [-0.05, 0) is 19.1 Å². The Morgan fingerprint density at radius 3 is 2.89 bits per heavy atom. The number of halogens is 2. The molecule has 0 spiro atoms. The number of nitrogens with two attached hydrogens (primary N) is 1. The third-order valence-corrected chi connectivity index (χ3v) is 2.51. The van der Waals surface area contributed by atoms with Gasteiger partial charge in [0.05, 0.1) is 11.9 Å². The highest BCUT2D eigenvalue weighted by Gasteiger charge is 2.08. The van der Waals surface area contributed by atoms with Gasteiger partial charge in [0.2, 0.25) is 0 Å². The molecule has 102 valence electrons. The van der Waals surface area contributed by atoms with Gasteiger partial charge in [-0.25, -0.2) is 4.98 Å². The molecule has 0 radical (unpaired) electrons. The molecule has 0 fully saturated rings. The van der Waals surface area contributed by atoms with Gasteiger partial charge in [0.15, 0.2) is 0 Å². The lowest BCUT2D eigenvalue weighted by atomic mass is 10.1. The second-order valence-corrected chi connectivity index (χ2v) is 4.33. The van der Waals surface area contributed by atoms with Crippen molar-refractivity contribution in [2.75, 3.05) is 0 Å². The number of nitrogens with one attached hydrogen (secondary N) is 1. The van der Waals surface area contributed by atoms with Crippen molar-refractivity contribution in [2.24, 2.45) is 5.73 Å². The van der Waals surface area contributed by atoms with Crippen LogP contribution in [0.5, 0.6) is 5.75 Å². The molecule has 2 rings (SSSR count). The van der Waals surface area contributed by atoms with Crippen LogP contribution in [0, 0.1) is 0 Å². The second-order valence-electron chi connectivity index (χ2n) is 4.33. The Balaban J connectivity index is 2.19. The Morgan fingerprint density at radius 1 is 1.42 bits per heavy atom. The van der Waals surface area contributed by atoms with Crippen LogP contribution in [0.25, 0.3) is 11.3 Å². The molecule has 4 nitrogen and oxygen atoms in total. The van der Waals surface area contributed by atoms with Gasteiger partial charge in [-0.15, -0.1) is 0 Å². The zero-order valence-corrected chi connectivity index (χ0v) is 10.4. The number of alkyl halides is 2. The van der Waals surface area contributed by atoms with Gasteiger partial charge < -0.3 is 15.5 Å². The molecule has 1 heterocycles. The summed E-state index contributed by atoms with van der Waals surface area (Å²) in [4.78, 5) is 7.31. The van der Waals surface area contributed by atoms with Crippen LogP contribution in [-0.2, 0) is 6.42 Å². The standard InChI is InChI=1S/C13H15F2N3O/c1-8(16)5-12-17-7-11(18-12)9-3-2-4-10(6-9)19-13(14)15/h2-4,6-8,13H,5,16H2,1H3,(H,17,18). The predicted molar refractivity (Wildman–Crippen MR) is 68.0 cm³/mol. The summed E-state index contributed by atoms with van der Waals surface area (Å²) in [6.45, 7) is -0.940. The molecular weight excluding hydrogens is 252 g/mol. The van der Waals surface area contributed by atoms with Crippen LogP contribution in [-0.4, -0.2) is 22.6 Å². The summed E-state index contributed by atoms with van der Waals surface area (Å²) in [5, 5.41) is 0. The molecule has 3 N–H and O–H groups in total. The molecule has 0 aliphatic heterocycles. The fourth-order valence-corrected chi connectivity index (χ4v) is 1.76. The highest BCUT2D eigenvalue weighted by Crippen LogP contribution is 2.23. The summed E-state index contributed by atoms with van der Waals surface area (Å²) in [6, 6.07) is 6.47. The number of rotatable bonds is 5. The van der Waals surface area contributed by atoms with E-state index in [-0.39, 0.29) is 11.8 Å². The number of hydrogen-bond donors (Lipinski definition) is 2.